The summed E-state index contributed by atoms with van der Waals surface area (Å²) in [7, 11) is 0. The average Bonchev–Trinajstić information content (AvgIpc) is 3.11. The number of likely N-dealkylation sites (tertiary alicyclic amines) is 2. The third-order valence-electron chi connectivity index (χ3n) is 5.91. The maximum absolute atomic E-state index is 13.9. The number of aromatic nitrogens is 2. The van der Waals surface area contributed by atoms with Crippen molar-refractivity contribution in [3.05, 3.63) is 51.8 Å². The summed E-state index contributed by atoms with van der Waals surface area (Å²) in [5.41, 5.74) is 1.97. The standard InChI is InChI=1S/C23H27ClFN5O2/c1-4-7-29-9-16(10-29)32-20-8-15(25)5-6-17(20)23(31)30-11-18(19(26)12-30)22-27-13(2)21(24)14(3)28-22/h5-6,8,16,18,26H,4,7,9-12H2,1-3H3. The van der Waals surface area contributed by atoms with E-state index in [-0.39, 0.29) is 30.9 Å². The van der Waals surface area contributed by atoms with Gasteiger partial charge in [-0.2, -0.15) is 0 Å². The van der Waals surface area contributed by atoms with Gasteiger partial charge in [-0.05, 0) is 38.9 Å². The van der Waals surface area contributed by atoms with Crippen molar-refractivity contribution in [3.63, 3.8) is 0 Å². The SMILES string of the molecule is CCCN1CC(Oc2cc(F)ccc2C(=O)N2CC(=N)C(c3nc(C)c(Cl)c(C)n3)C2)C1. The molecule has 1 amide bonds. The smallest absolute Gasteiger partial charge is 0.257 e. The van der Waals surface area contributed by atoms with Gasteiger partial charge < -0.3 is 15.0 Å². The molecule has 0 bridgehead atoms. The molecule has 32 heavy (non-hydrogen) atoms. The summed E-state index contributed by atoms with van der Waals surface area (Å²) in [4.78, 5) is 26.0. The summed E-state index contributed by atoms with van der Waals surface area (Å²) in [6.07, 6.45) is 1.00. The first kappa shape index (κ1) is 22.6. The van der Waals surface area contributed by atoms with Crippen LogP contribution in [-0.4, -0.2) is 70.2 Å². The van der Waals surface area contributed by atoms with Gasteiger partial charge in [-0.1, -0.05) is 18.5 Å². The predicted octanol–water partition coefficient (Wildman–Crippen LogP) is 3.62. The van der Waals surface area contributed by atoms with E-state index in [1.54, 1.807) is 18.7 Å². The molecule has 0 spiro atoms. The normalized spacial score (nSPS) is 19.3. The molecule has 9 heteroatoms. The predicted molar refractivity (Wildman–Crippen MR) is 120 cm³/mol. The fourth-order valence-electron chi connectivity index (χ4n) is 4.20. The van der Waals surface area contributed by atoms with Crippen LogP contribution in [-0.2, 0) is 0 Å². The van der Waals surface area contributed by atoms with Crippen LogP contribution in [0.3, 0.4) is 0 Å². The summed E-state index contributed by atoms with van der Waals surface area (Å²) in [6.45, 7) is 8.69. The van der Waals surface area contributed by atoms with Crippen molar-refractivity contribution in [1.82, 2.24) is 19.8 Å². The maximum atomic E-state index is 13.9. The second-order valence-corrected chi connectivity index (χ2v) is 8.85. The molecular formula is C23H27ClFN5O2. The first-order chi connectivity index (χ1) is 15.3. The largest absolute Gasteiger partial charge is 0.487 e. The Balaban J connectivity index is 1.51. The zero-order chi connectivity index (χ0) is 23.0. The summed E-state index contributed by atoms with van der Waals surface area (Å²) >= 11 is 6.18. The number of hydrogen-bond acceptors (Lipinski definition) is 6. The molecule has 2 fully saturated rings. The number of benzene rings is 1. The van der Waals surface area contributed by atoms with Crippen LogP contribution in [0.4, 0.5) is 4.39 Å². The highest BCUT2D eigenvalue weighted by molar-refractivity contribution is 6.31. The van der Waals surface area contributed by atoms with Crippen LogP contribution in [0.1, 0.15) is 46.8 Å². The third kappa shape index (κ3) is 4.47. The van der Waals surface area contributed by atoms with Gasteiger partial charge in [0.05, 0.1) is 34.4 Å². The topological polar surface area (TPSA) is 82.4 Å². The van der Waals surface area contributed by atoms with Gasteiger partial charge in [0.15, 0.2) is 0 Å². The van der Waals surface area contributed by atoms with Crippen LogP contribution >= 0.6 is 11.6 Å². The Labute approximate surface area is 192 Å². The molecule has 3 heterocycles. The Morgan fingerprint density at radius 1 is 1.25 bits per heavy atom. The number of halogens is 2. The van der Waals surface area contributed by atoms with Crippen LogP contribution in [0.15, 0.2) is 18.2 Å². The molecule has 0 saturated carbocycles. The van der Waals surface area contributed by atoms with Crippen molar-refractivity contribution >= 4 is 23.2 Å². The van der Waals surface area contributed by atoms with Gasteiger partial charge in [0.25, 0.3) is 5.91 Å². The minimum absolute atomic E-state index is 0.0621. The minimum atomic E-state index is -0.450. The second-order valence-electron chi connectivity index (χ2n) is 8.47. The molecule has 1 aromatic carbocycles. The quantitative estimate of drug-likeness (QED) is 0.713. The van der Waals surface area contributed by atoms with Gasteiger partial charge in [-0.25, -0.2) is 14.4 Å². The molecule has 2 saturated heterocycles. The molecule has 1 unspecified atom stereocenters. The van der Waals surface area contributed by atoms with Gasteiger partial charge >= 0.3 is 0 Å². The van der Waals surface area contributed by atoms with Crippen molar-refractivity contribution in [2.75, 3.05) is 32.7 Å². The fraction of sp³-hybridized carbons (Fsp3) is 0.478. The van der Waals surface area contributed by atoms with Crippen molar-refractivity contribution < 1.29 is 13.9 Å². The molecule has 7 nitrogen and oxygen atoms in total. The first-order valence-corrected chi connectivity index (χ1v) is 11.2. The summed E-state index contributed by atoms with van der Waals surface area (Å²) in [5, 5.41) is 8.93. The monoisotopic (exact) mass is 459 g/mol. The Morgan fingerprint density at radius 3 is 2.59 bits per heavy atom. The van der Waals surface area contributed by atoms with E-state index in [1.807, 2.05) is 0 Å². The molecule has 0 radical (unpaired) electrons. The summed E-state index contributed by atoms with van der Waals surface area (Å²) < 4.78 is 19.9. The van der Waals surface area contributed by atoms with Crippen molar-refractivity contribution in [1.29, 1.82) is 5.41 Å². The minimum Gasteiger partial charge on any atom is -0.487 e. The van der Waals surface area contributed by atoms with Crippen molar-refractivity contribution in [2.45, 2.75) is 39.2 Å². The van der Waals surface area contributed by atoms with Crippen LogP contribution < -0.4 is 4.74 Å². The lowest BCUT2D eigenvalue weighted by molar-refractivity contribution is 0.0192. The molecule has 4 rings (SSSR count). The van der Waals surface area contributed by atoms with E-state index in [1.165, 1.54) is 18.2 Å². The molecular weight excluding hydrogens is 433 g/mol. The molecule has 1 atom stereocenters. The lowest BCUT2D eigenvalue weighted by atomic mass is 10.1. The molecule has 170 valence electrons. The zero-order valence-corrected chi connectivity index (χ0v) is 19.2. The van der Waals surface area contributed by atoms with Crippen molar-refractivity contribution in [2.24, 2.45) is 0 Å². The van der Waals surface area contributed by atoms with Crippen molar-refractivity contribution in [3.8, 4) is 5.75 Å². The molecule has 1 N–H and O–H groups in total. The van der Waals surface area contributed by atoms with Gasteiger partial charge in [-0.15, -0.1) is 0 Å². The maximum Gasteiger partial charge on any atom is 0.257 e. The highest BCUT2D eigenvalue weighted by Crippen LogP contribution is 2.30. The van der Waals surface area contributed by atoms with Gasteiger partial charge in [0.1, 0.15) is 23.5 Å². The van der Waals surface area contributed by atoms with Crippen LogP contribution in [0.2, 0.25) is 5.02 Å². The number of ether oxygens (including phenoxy) is 1. The van der Waals surface area contributed by atoms with Crippen LogP contribution in [0.25, 0.3) is 0 Å². The highest BCUT2D eigenvalue weighted by atomic mass is 35.5. The van der Waals surface area contributed by atoms with E-state index in [0.717, 1.165) is 26.1 Å². The average molecular weight is 460 g/mol. The van der Waals surface area contributed by atoms with E-state index in [9.17, 15) is 9.18 Å². The van der Waals surface area contributed by atoms with Crippen LogP contribution in [0.5, 0.6) is 5.75 Å². The van der Waals surface area contributed by atoms with Gasteiger partial charge in [-0.3, -0.25) is 9.69 Å². The fourth-order valence-corrected chi connectivity index (χ4v) is 4.29. The number of carbonyl (C=O) groups is 1. The highest BCUT2D eigenvalue weighted by Gasteiger charge is 2.36. The van der Waals surface area contributed by atoms with Gasteiger partial charge in [0.2, 0.25) is 0 Å². The van der Waals surface area contributed by atoms with E-state index in [0.29, 0.717) is 33.5 Å². The zero-order valence-electron chi connectivity index (χ0n) is 18.5. The number of rotatable bonds is 6. The molecule has 2 aromatic rings. The first-order valence-electron chi connectivity index (χ1n) is 10.8. The Bertz CT molecular complexity index is 1030. The van der Waals surface area contributed by atoms with Crippen LogP contribution in [0, 0.1) is 25.1 Å². The second kappa shape index (κ2) is 9.11. The number of amides is 1. The summed E-state index contributed by atoms with van der Waals surface area (Å²) in [6, 6.07) is 3.99. The van der Waals surface area contributed by atoms with Gasteiger partial charge in [0, 0.05) is 31.4 Å². The Kier molecular flexibility index (Phi) is 6.44. The Morgan fingerprint density at radius 2 is 1.94 bits per heavy atom. The van der Waals surface area contributed by atoms with E-state index in [4.69, 9.17) is 21.7 Å². The van der Waals surface area contributed by atoms with E-state index < -0.39 is 11.7 Å². The molecule has 1 aromatic heterocycles. The number of carbonyl (C=O) groups excluding carboxylic acids is 1. The lowest BCUT2D eigenvalue weighted by Crippen LogP contribution is -2.53. The molecule has 2 aliphatic heterocycles. The number of hydrogen-bond donors (Lipinski definition) is 1. The third-order valence-corrected chi connectivity index (χ3v) is 6.46. The number of nitrogens with zero attached hydrogens (tertiary/aromatic N) is 4. The molecule has 0 aliphatic carbocycles. The van der Waals surface area contributed by atoms with E-state index in [2.05, 4.69) is 21.8 Å². The summed E-state index contributed by atoms with van der Waals surface area (Å²) in [5.74, 6) is -0.396. The lowest BCUT2D eigenvalue weighted by Gasteiger charge is -2.39. The molecule has 2 aliphatic rings. The number of nitrogens with one attached hydrogen (secondary N) is 1. The Hall–Kier alpha value is -2.58. The van der Waals surface area contributed by atoms with E-state index >= 15 is 0 Å². The number of aryl methyl sites for hydroxylation is 2.